The van der Waals surface area contributed by atoms with Crippen molar-refractivity contribution in [2.45, 2.75) is 39.0 Å². The highest BCUT2D eigenvalue weighted by Crippen LogP contribution is 2.23. The van der Waals surface area contributed by atoms with E-state index in [1.807, 2.05) is 4.90 Å². The molecule has 1 amide bonds. The highest BCUT2D eigenvalue weighted by molar-refractivity contribution is 5.76. The Balaban J connectivity index is 1.81. The third-order valence-corrected chi connectivity index (χ3v) is 4.47. The molecule has 1 aliphatic rings. The molecule has 1 fully saturated rings. The fourth-order valence-electron chi connectivity index (χ4n) is 3.12. The van der Waals surface area contributed by atoms with Crippen LogP contribution in [0.15, 0.2) is 24.3 Å². The largest absolute Gasteiger partial charge is 0.384 e. The predicted molar refractivity (Wildman–Crippen MR) is 85.3 cm³/mol. The lowest BCUT2D eigenvalue weighted by Gasteiger charge is -2.33. The van der Waals surface area contributed by atoms with Crippen LogP contribution in [0.25, 0.3) is 0 Å². The Labute approximate surface area is 128 Å². The summed E-state index contributed by atoms with van der Waals surface area (Å²) in [5.74, 6) is 0.891. The number of methoxy groups -OCH3 is 1. The van der Waals surface area contributed by atoms with Gasteiger partial charge in [0.2, 0.25) is 5.91 Å². The van der Waals surface area contributed by atoms with E-state index in [9.17, 15) is 4.79 Å². The Morgan fingerprint density at radius 2 is 2.19 bits per heavy atom. The van der Waals surface area contributed by atoms with Crippen LogP contribution in [0.5, 0.6) is 0 Å². The standard InChI is InChI=1S/C18H27NO2/c1-15-6-3-4-8-17(15)10-9-16-7-5-12-19(14-16)18(20)11-13-21-2/h3-4,6,8,16H,5,7,9-14H2,1-2H3/t16-/m0/s1. The van der Waals surface area contributed by atoms with Crippen LogP contribution in [0.4, 0.5) is 0 Å². The fourth-order valence-corrected chi connectivity index (χ4v) is 3.12. The third-order valence-electron chi connectivity index (χ3n) is 4.47. The molecule has 0 unspecified atom stereocenters. The quantitative estimate of drug-likeness (QED) is 0.805. The van der Waals surface area contributed by atoms with Crippen molar-refractivity contribution in [3.63, 3.8) is 0 Å². The molecular formula is C18H27NO2. The van der Waals surface area contributed by atoms with Crippen LogP contribution in [-0.4, -0.2) is 37.6 Å². The number of carbonyl (C=O) groups is 1. The molecule has 1 atom stereocenters. The number of aryl methyl sites for hydroxylation is 2. The van der Waals surface area contributed by atoms with E-state index in [1.165, 1.54) is 24.0 Å². The summed E-state index contributed by atoms with van der Waals surface area (Å²) in [6.45, 7) is 4.55. The van der Waals surface area contributed by atoms with Crippen molar-refractivity contribution < 1.29 is 9.53 Å². The van der Waals surface area contributed by atoms with E-state index in [4.69, 9.17) is 4.74 Å². The van der Waals surface area contributed by atoms with Crippen LogP contribution in [0.3, 0.4) is 0 Å². The molecule has 3 nitrogen and oxygen atoms in total. The van der Waals surface area contributed by atoms with Crippen molar-refractivity contribution in [3.8, 4) is 0 Å². The lowest BCUT2D eigenvalue weighted by molar-refractivity contribution is -0.134. The summed E-state index contributed by atoms with van der Waals surface area (Å²) in [7, 11) is 1.65. The van der Waals surface area contributed by atoms with E-state index >= 15 is 0 Å². The zero-order valence-corrected chi connectivity index (χ0v) is 13.3. The molecule has 1 aromatic rings. The molecule has 0 aromatic heterocycles. The summed E-state index contributed by atoms with van der Waals surface area (Å²) in [5.41, 5.74) is 2.82. The maximum Gasteiger partial charge on any atom is 0.224 e. The Bertz CT molecular complexity index is 458. The van der Waals surface area contributed by atoms with Crippen molar-refractivity contribution in [2.75, 3.05) is 26.8 Å². The maximum absolute atomic E-state index is 12.1. The minimum Gasteiger partial charge on any atom is -0.384 e. The molecule has 116 valence electrons. The summed E-state index contributed by atoms with van der Waals surface area (Å²) in [6, 6.07) is 8.61. The number of carbonyl (C=O) groups excluding carboxylic acids is 1. The van der Waals surface area contributed by atoms with Gasteiger partial charge in [-0.15, -0.1) is 0 Å². The topological polar surface area (TPSA) is 29.5 Å². The Hall–Kier alpha value is -1.35. The van der Waals surface area contributed by atoms with Crippen LogP contribution in [0.2, 0.25) is 0 Å². The highest BCUT2D eigenvalue weighted by atomic mass is 16.5. The van der Waals surface area contributed by atoms with Gasteiger partial charge in [0.05, 0.1) is 13.0 Å². The summed E-state index contributed by atoms with van der Waals surface area (Å²) in [5, 5.41) is 0. The normalized spacial score (nSPS) is 18.8. The molecule has 0 radical (unpaired) electrons. The molecule has 1 aromatic carbocycles. The molecule has 0 saturated carbocycles. The zero-order valence-electron chi connectivity index (χ0n) is 13.3. The molecule has 2 rings (SSSR count). The molecule has 1 aliphatic heterocycles. The molecule has 0 spiro atoms. The molecule has 3 heteroatoms. The summed E-state index contributed by atoms with van der Waals surface area (Å²) in [4.78, 5) is 14.1. The van der Waals surface area contributed by atoms with Crippen LogP contribution in [0, 0.1) is 12.8 Å². The number of nitrogens with zero attached hydrogens (tertiary/aromatic N) is 1. The molecule has 21 heavy (non-hydrogen) atoms. The van der Waals surface area contributed by atoms with E-state index in [0.717, 1.165) is 25.9 Å². The first kappa shape index (κ1) is 16.0. The summed E-state index contributed by atoms with van der Waals surface area (Å²) in [6.07, 6.45) is 5.20. The van der Waals surface area contributed by atoms with E-state index in [0.29, 0.717) is 18.9 Å². The lowest BCUT2D eigenvalue weighted by Crippen LogP contribution is -2.40. The van der Waals surface area contributed by atoms with Gasteiger partial charge in [0, 0.05) is 20.2 Å². The lowest BCUT2D eigenvalue weighted by atomic mass is 9.90. The minimum absolute atomic E-state index is 0.248. The first-order valence-corrected chi connectivity index (χ1v) is 8.02. The van der Waals surface area contributed by atoms with Gasteiger partial charge in [-0.1, -0.05) is 24.3 Å². The Kier molecular flexibility index (Phi) is 6.24. The Morgan fingerprint density at radius 3 is 2.95 bits per heavy atom. The van der Waals surface area contributed by atoms with Gasteiger partial charge in [-0.25, -0.2) is 0 Å². The van der Waals surface area contributed by atoms with Crippen LogP contribution in [0.1, 0.15) is 36.8 Å². The van der Waals surface area contributed by atoms with Gasteiger partial charge >= 0.3 is 0 Å². The van der Waals surface area contributed by atoms with E-state index in [1.54, 1.807) is 7.11 Å². The third kappa shape index (κ3) is 4.85. The predicted octanol–water partition coefficient (Wildman–Crippen LogP) is 3.20. The average molecular weight is 289 g/mol. The van der Waals surface area contributed by atoms with E-state index in [-0.39, 0.29) is 5.91 Å². The van der Waals surface area contributed by atoms with Gasteiger partial charge in [-0.05, 0) is 49.7 Å². The van der Waals surface area contributed by atoms with E-state index in [2.05, 4.69) is 31.2 Å². The minimum atomic E-state index is 0.248. The number of hydrogen-bond donors (Lipinski definition) is 0. The number of piperidine rings is 1. The van der Waals surface area contributed by atoms with Gasteiger partial charge in [0.1, 0.15) is 0 Å². The number of ether oxygens (including phenoxy) is 1. The van der Waals surface area contributed by atoms with Crippen LogP contribution in [-0.2, 0) is 16.0 Å². The van der Waals surface area contributed by atoms with Gasteiger partial charge in [-0.2, -0.15) is 0 Å². The second-order valence-corrected chi connectivity index (χ2v) is 6.06. The maximum atomic E-state index is 12.1. The number of benzene rings is 1. The van der Waals surface area contributed by atoms with E-state index < -0.39 is 0 Å². The van der Waals surface area contributed by atoms with Crippen molar-refractivity contribution in [2.24, 2.45) is 5.92 Å². The first-order chi connectivity index (χ1) is 10.2. The second kappa shape index (κ2) is 8.18. The number of amides is 1. The molecule has 0 aliphatic carbocycles. The van der Waals surface area contributed by atoms with Gasteiger partial charge in [0.25, 0.3) is 0 Å². The molecular weight excluding hydrogens is 262 g/mol. The monoisotopic (exact) mass is 289 g/mol. The van der Waals surface area contributed by atoms with Crippen molar-refractivity contribution in [1.29, 1.82) is 0 Å². The number of hydrogen-bond acceptors (Lipinski definition) is 2. The van der Waals surface area contributed by atoms with Crippen LogP contribution >= 0.6 is 0 Å². The van der Waals surface area contributed by atoms with Gasteiger partial charge in [0.15, 0.2) is 0 Å². The highest BCUT2D eigenvalue weighted by Gasteiger charge is 2.23. The summed E-state index contributed by atoms with van der Waals surface area (Å²) >= 11 is 0. The van der Waals surface area contributed by atoms with Crippen molar-refractivity contribution in [1.82, 2.24) is 4.90 Å². The molecule has 0 bridgehead atoms. The fraction of sp³-hybridized carbons (Fsp3) is 0.611. The van der Waals surface area contributed by atoms with Gasteiger partial charge < -0.3 is 9.64 Å². The van der Waals surface area contributed by atoms with Crippen LogP contribution < -0.4 is 0 Å². The zero-order chi connectivity index (χ0) is 15.1. The molecule has 1 heterocycles. The SMILES string of the molecule is COCCC(=O)N1CCC[C@@H](CCc2ccccc2C)C1. The number of likely N-dealkylation sites (tertiary alicyclic amines) is 1. The van der Waals surface area contributed by atoms with Crippen molar-refractivity contribution >= 4 is 5.91 Å². The smallest absolute Gasteiger partial charge is 0.224 e. The first-order valence-electron chi connectivity index (χ1n) is 8.02. The van der Waals surface area contributed by atoms with Gasteiger partial charge in [-0.3, -0.25) is 4.79 Å². The second-order valence-electron chi connectivity index (χ2n) is 6.06. The Morgan fingerprint density at radius 1 is 1.38 bits per heavy atom. The summed E-state index contributed by atoms with van der Waals surface area (Å²) < 4.78 is 5.00. The average Bonchev–Trinajstić information content (AvgIpc) is 2.52. The molecule has 0 N–H and O–H groups in total. The van der Waals surface area contributed by atoms with Crippen molar-refractivity contribution in [3.05, 3.63) is 35.4 Å². The number of rotatable bonds is 6. The molecule has 1 saturated heterocycles.